The van der Waals surface area contributed by atoms with Gasteiger partial charge in [-0.15, -0.1) is 0 Å². The molecule has 0 aromatic heterocycles. The van der Waals surface area contributed by atoms with Crippen molar-refractivity contribution in [2.24, 2.45) is 22.2 Å². The van der Waals surface area contributed by atoms with Crippen molar-refractivity contribution in [3.63, 3.8) is 0 Å². The fraction of sp³-hybridized carbons (Fsp3) is 0.824. The van der Waals surface area contributed by atoms with E-state index in [0.717, 1.165) is 70.6 Å². The Morgan fingerprint density at radius 2 is 1.03 bits per heavy atom. The number of likely N-dealkylation sites (N-methyl/N-ethyl adjacent to an activating group) is 1. The number of nitrogens with zero attached hydrogens (tertiary/aromatic N) is 2. The summed E-state index contributed by atoms with van der Waals surface area (Å²) < 4.78 is 43.5. The molecule has 0 aliphatic rings. The van der Waals surface area contributed by atoms with E-state index in [-0.39, 0.29) is 37.3 Å². The number of carbonyl (C=O) groups is 4. The Balaban J connectivity index is 0. The number of carboxylic acid groups (broad SMARTS) is 2. The van der Waals surface area contributed by atoms with Crippen LogP contribution in [0.25, 0.3) is 0 Å². The van der Waals surface area contributed by atoms with Gasteiger partial charge in [-0.25, -0.2) is 0 Å². The van der Waals surface area contributed by atoms with E-state index in [1.807, 2.05) is 14.1 Å². The molecule has 0 spiro atoms. The summed E-state index contributed by atoms with van der Waals surface area (Å²) in [7, 11) is 3.89. The van der Waals surface area contributed by atoms with Crippen molar-refractivity contribution in [1.29, 1.82) is 0 Å². The maximum absolute atomic E-state index is 13.0. The van der Waals surface area contributed by atoms with Crippen molar-refractivity contribution < 1.29 is 56.5 Å². The molecular formula is C51H94F3N5O8. The minimum atomic E-state index is -5.19. The standard InChI is InChI=1S/C49H93N5O6.C2HF3O2/c1-5-7-9-11-13-15-17-19-21-23-25-27-29-31-33-36-45(55)59-43-44(42-54(3,4)41-39-49(52,47(57)58)38-35-40-53-48(50)51)60-46(56)37-34-32-30-28-26-24-22-20-18-16-14-12-10-8-6-2;3-2(4,5)1(6)7/h19-22,44H,5-18,23-43,52H2,1-4H3,(H4-,50,51,53,57,58);(H,6,7)/b21-19-,22-20-;/t44?,49-;/m1./s1. The molecule has 0 aromatic rings. The normalized spacial score (nSPS) is 13.2. The number of carboxylic acids is 2. The second kappa shape index (κ2) is 42.4. The molecule has 0 saturated heterocycles. The number of halogens is 3. The third-order valence-electron chi connectivity index (χ3n) is 11.6. The van der Waals surface area contributed by atoms with Gasteiger partial charge in [0.2, 0.25) is 0 Å². The zero-order chi connectivity index (χ0) is 50.7. The first-order chi connectivity index (χ1) is 31.8. The second-order valence-electron chi connectivity index (χ2n) is 18.7. The topological polar surface area (TPSA) is 220 Å². The van der Waals surface area contributed by atoms with Crippen molar-refractivity contribution in [3.8, 4) is 0 Å². The van der Waals surface area contributed by atoms with Crippen LogP contribution in [0.2, 0.25) is 0 Å². The Bertz CT molecular complexity index is 1360. The highest BCUT2D eigenvalue weighted by atomic mass is 19.4. The molecule has 1 unspecified atom stereocenters. The predicted molar refractivity (Wildman–Crippen MR) is 262 cm³/mol. The van der Waals surface area contributed by atoms with Gasteiger partial charge in [-0.2, -0.15) is 13.2 Å². The van der Waals surface area contributed by atoms with Gasteiger partial charge in [0.05, 0.1) is 20.6 Å². The van der Waals surface area contributed by atoms with E-state index >= 15 is 0 Å². The number of hydrogen-bond acceptors (Lipinski definition) is 9. The quantitative estimate of drug-likeness (QED) is 0.0112. The molecule has 16 heteroatoms. The third-order valence-corrected chi connectivity index (χ3v) is 11.6. The highest BCUT2D eigenvalue weighted by Crippen LogP contribution is 2.20. The molecular weight excluding hydrogens is 868 g/mol. The van der Waals surface area contributed by atoms with E-state index in [1.165, 1.54) is 96.3 Å². The first kappa shape index (κ1) is 65.4. The Morgan fingerprint density at radius 3 is 1.42 bits per heavy atom. The molecule has 2 atom stereocenters. The van der Waals surface area contributed by atoms with Gasteiger partial charge in [-0.3, -0.25) is 19.4 Å². The van der Waals surface area contributed by atoms with Gasteiger partial charge in [0.1, 0.15) is 24.7 Å². The number of unbranched alkanes of at least 4 members (excludes halogenated alkanes) is 22. The summed E-state index contributed by atoms with van der Waals surface area (Å²) in [6.07, 6.45) is 35.8. The molecule has 392 valence electrons. The van der Waals surface area contributed by atoms with E-state index in [4.69, 9.17) is 36.6 Å². The largest absolute Gasteiger partial charge is 0.542 e. The molecule has 0 bridgehead atoms. The van der Waals surface area contributed by atoms with Gasteiger partial charge in [-0.1, -0.05) is 141 Å². The molecule has 7 N–H and O–H groups in total. The molecule has 0 aliphatic heterocycles. The maximum Gasteiger partial charge on any atom is 0.430 e. The predicted octanol–water partition coefficient (Wildman–Crippen LogP) is 10.1. The van der Waals surface area contributed by atoms with E-state index in [1.54, 1.807) is 0 Å². The van der Waals surface area contributed by atoms with Gasteiger partial charge in [-0.05, 0) is 77.0 Å². The van der Waals surface area contributed by atoms with E-state index in [2.05, 4.69) is 43.1 Å². The van der Waals surface area contributed by atoms with Gasteiger partial charge in [0.25, 0.3) is 0 Å². The van der Waals surface area contributed by atoms with Gasteiger partial charge in [0, 0.05) is 25.8 Å². The summed E-state index contributed by atoms with van der Waals surface area (Å²) in [6.45, 7) is 5.53. The highest BCUT2D eigenvalue weighted by Gasteiger charge is 2.37. The lowest BCUT2D eigenvalue weighted by Crippen LogP contribution is -2.55. The van der Waals surface area contributed by atoms with Crippen LogP contribution in [0.5, 0.6) is 0 Å². The number of ether oxygens (including phenoxy) is 2. The molecule has 0 saturated carbocycles. The van der Waals surface area contributed by atoms with Crippen LogP contribution in [-0.2, 0) is 28.7 Å². The molecule has 0 amide bonds. The SMILES string of the molecule is CCCCCCCC/C=C\CCCCCCCC(=O)OCC(C[N+](C)(C)CC[C@](N)(CCCN=C(N)N)C(=O)O)OC(=O)CCCCCCC/C=C\CCCCCCCC.O=C([O-])C(F)(F)F. The van der Waals surface area contributed by atoms with Crippen LogP contribution in [0, 0.1) is 0 Å². The molecule has 0 rings (SSSR count). The number of nitrogens with two attached hydrogens (primary N) is 3. The summed E-state index contributed by atoms with van der Waals surface area (Å²) in [6, 6.07) is 0. The molecule has 0 aliphatic carbocycles. The van der Waals surface area contributed by atoms with Crippen LogP contribution in [0.1, 0.15) is 213 Å². The Labute approximate surface area is 402 Å². The van der Waals surface area contributed by atoms with Crippen molar-refractivity contribution in [2.75, 3.05) is 40.3 Å². The first-order valence-corrected chi connectivity index (χ1v) is 25.6. The summed E-state index contributed by atoms with van der Waals surface area (Å²) in [5.41, 5.74) is 15.7. The van der Waals surface area contributed by atoms with Crippen molar-refractivity contribution >= 4 is 29.8 Å². The average Bonchev–Trinajstić information content (AvgIpc) is 3.26. The maximum atomic E-state index is 13.0. The summed E-state index contributed by atoms with van der Waals surface area (Å²) in [4.78, 5) is 50.7. The van der Waals surface area contributed by atoms with Crippen LogP contribution in [0.4, 0.5) is 13.2 Å². The third kappa shape index (κ3) is 44.6. The van der Waals surface area contributed by atoms with Gasteiger partial charge >= 0.3 is 24.1 Å². The van der Waals surface area contributed by atoms with Gasteiger partial charge < -0.3 is 46.2 Å². The summed E-state index contributed by atoms with van der Waals surface area (Å²) in [5, 5.41) is 18.8. The van der Waals surface area contributed by atoms with E-state index < -0.39 is 29.8 Å². The summed E-state index contributed by atoms with van der Waals surface area (Å²) >= 11 is 0. The Morgan fingerprint density at radius 1 is 0.642 bits per heavy atom. The molecule has 0 radical (unpaired) electrons. The number of esters is 2. The van der Waals surface area contributed by atoms with Crippen molar-refractivity contribution in [2.45, 2.75) is 231 Å². The second-order valence-corrected chi connectivity index (χ2v) is 18.7. The molecule has 0 fully saturated rings. The number of rotatable bonds is 43. The van der Waals surface area contributed by atoms with Crippen LogP contribution in [0.15, 0.2) is 29.3 Å². The van der Waals surface area contributed by atoms with Crippen LogP contribution in [0.3, 0.4) is 0 Å². The fourth-order valence-corrected chi connectivity index (χ4v) is 7.39. The number of guanidine groups is 1. The lowest BCUT2D eigenvalue weighted by molar-refractivity contribution is -0.893. The monoisotopic (exact) mass is 962 g/mol. The average molecular weight is 962 g/mol. The molecule has 67 heavy (non-hydrogen) atoms. The smallest absolute Gasteiger partial charge is 0.430 e. The van der Waals surface area contributed by atoms with Crippen molar-refractivity contribution in [3.05, 3.63) is 24.3 Å². The highest BCUT2D eigenvalue weighted by molar-refractivity contribution is 5.78. The molecule has 13 nitrogen and oxygen atoms in total. The van der Waals surface area contributed by atoms with Gasteiger partial charge in [0.15, 0.2) is 12.1 Å². The Kier molecular flexibility index (Phi) is 41.4. The number of aliphatic imine (C=N–C) groups is 1. The molecule has 0 heterocycles. The zero-order valence-corrected chi connectivity index (χ0v) is 42.2. The number of quaternary nitrogens is 1. The first-order valence-electron chi connectivity index (χ1n) is 25.6. The Hall–Kier alpha value is -3.66. The van der Waals surface area contributed by atoms with Crippen LogP contribution >= 0.6 is 0 Å². The lowest BCUT2D eigenvalue weighted by Gasteiger charge is -2.35. The number of hydrogen-bond donors (Lipinski definition) is 4. The number of alkyl halides is 3. The van der Waals surface area contributed by atoms with Crippen LogP contribution in [-0.4, -0.2) is 97.6 Å². The summed E-state index contributed by atoms with van der Waals surface area (Å²) in [5.74, 6) is -4.72. The van der Waals surface area contributed by atoms with Crippen LogP contribution < -0.4 is 22.3 Å². The fourth-order valence-electron chi connectivity index (χ4n) is 7.39. The number of carbonyl (C=O) groups excluding carboxylic acids is 3. The number of allylic oxidation sites excluding steroid dienone is 4. The van der Waals surface area contributed by atoms with Crippen molar-refractivity contribution in [1.82, 2.24) is 0 Å². The van der Waals surface area contributed by atoms with E-state index in [9.17, 15) is 32.7 Å². The lowest BCUT2D eigenvalue weighted by atomic mass is 9.90. The minimum Gasteiger partial charge on any atom is -0.542 e. The van der Waals surface area contributed by atoms with E-state index in [0.29, 0.717) is 43.4 Å². The minimum absolute atomic E-state index is 0.0328. The number of aliphatic carboxylic acids is 2. The molecule has 0 aromatic carbocycles. The zero-order valence-electron chi connectivity index (χ0n) is 42.2.